The molecule has 3 rings (SSSR count). The first kappa shape index (κ1) is 18.5. The van der Waals surface area contributed by atoms with Gasteiger partial charge in [-0.1, -0.05) is 18.2 Å². The number of hydrogen-bond donors (Lipinski definition) is 2. The Kier molecular flexibility index (Phi) is 5.41. The van der Waals surface area contributed by atoms with Gasteiger partial charge in [-0.05, 0) is 73.5 Å². The van der Waals surface area contributed by atoms with Crippen LogP contribution >= 0.6 is 0 Å². The van der Waals surface area contributed by atoms with Gasteiger partial charge in [-0.2, -0.15) is 0 Å². The normalized spacial score (nSPS) is 10.7. The topological polar surface area (TPSA) is 58.6 Å². The summed E-state index contributed by atoms with van der Waals surface area (Å²) in [6, 6.07) is 18.5. The fourth-order valence-corrected chi connectivity index (χ4v) is 2.70. The lowest BCUT2D eigenvalue weighted by Crippen LogP contribution is -2.05. The van der Waals surface area contributed by atoms with Gasteiger partial charge < -0.3 is 15.2 Å². The third-order valence-corrected chi connectivity index (χ3v) is 3.93. The third kappa shape index (κ3) is 4.64. The molecule has 0 radical (unpaired) electrons. The molecule has 0 amide bonds. The van der Waals surface area contributed by atoms with E-state index in [-0.39, 0.29) is 17.5 Å². The molecule has 0 atom stereocenters. The fraction of sp³-hybridized carbons (Fsp3) is 0.136. The van der Waals surface area contributed by atoms with Gasteiger partial charge in [-0.15, -0.1) is 0 Å². The standard InChI is InChI=1S/C22H20FNO3/c1-14(2)27-19-10-3-15(4-11-19)16-5-12-20(22(25)26)21(13-16)24-18-8-6-17(23)7-9-18/h3-14,24H,1-2H3,(H,25,26). The molecule has 0 unspecified atom stereocenters. The summed E-state index contributed by atoms with van der Waals surface area (Å²) in [5, 5.41) is 12.5. The van der Waals surface area contributed by atoms with Crippen LogP contribution in [-0.4, -0.2) is 17.2 Å². The largest absolute Gasteiger partial charge is 0.491 e. The van der Waals surface area contributed by atoms with E-state index in [2.05, 4.69) is 5.32 Å². The van der Waals surface area contributed by atoms with Crippen LogP contribution in [0.2, 0.25) is 0 Å². The number of ether oxygens (including phenoxy) is 1. The molecule has 0 aliphatic heterocycles. The molecule has 0 spiro atoms. The van der Waals surface area contributed by atoms with Crippen molar-refractivity contribution in [3.63, 3.8) is 0 Å². The number of rotatable bonds is 6. The molecule has 3 aromatic rings. The monoisotopic (exact) mass is 365 g/mol. The van der Waals surface area contributed by atoms with Gasteiger partial charge in [0, 0.05) is 5.69 Å². The minimum absolute atomic E-state index is 0.0946. The molecule has 3 aromatic carbocycles. The molecule has 0 aromatic heterocycles. The van der Waals surface area contributed by atoms with Gasteiger partial charge >= 0.3 is 5.97 Å². The van der Waals surface area contributed by atoms with Crippen LogP contribution in [0, 0.1) is 5.82 Å². The highest BCUT2D eigenvalue weighted by atomic mass is 19.1. The van der Waals surface area contributed by atoms with Crippen molar-refractivity contribution in [1.82, 2.24) is 0 Å². The van der Waals surface area contributed by atoms with Crippen molar-refractivity contribution in [2.24, 2.45) is 0 Å². The van der Waals surface area contributed by atoms with E-state index in [9.17, 15) is 14.3 Å². The molecule has 0 bridgehead atoms. The van der Waals surface area contributed by atoms with E-state index < -0.39 is 5.97 Å². The van der Waals surface area contributed by atoms with E-state index >= 15 is 0 Å². The molecule has 4 nitrogen and oxygen atoms in total. The van der Waals surface area contributed by atoms with E-state index in [0.717, 1.165) is 16.9 Å². The Morgan fingerprint density at radius 2 is 1.59 bits per heavy atom. The molecule has 138 valence electrons. The van der Waals surface area contributed by atoms with Crippen LogP contribution in [0.5, 0.6) is 5.75 Å². The lowest BCUT2D eigenvalue weighted by molar-refractivity contribution is 0.0698. The summed E-state index contributed by atoms with van der Waals surface area (Å²) < 4.78 is 18.7. The van der Waals surface area contributed by atoms with Crippen LogP contribution in [0.15, 0.2) is 66.7 Å². The zero-order chi connectivity index (χ0) is 19.4. The van der Waals surface area contributed by atoms with Crippen molar-refractivity contribution in [3.8, 4) is 16.9 Å². The van der Waals surface area contributed by atoms with Crippen molar-refractivity contribution >= 4 is 17.3 Å². The van der Waals surface area contributed by atoms with Gasteiger partial charge in [0.2, 0.25) is 0 Å². The lowest BCUT2D eigenvalue weighted by Gasteiger charge is -2.13. The predicted molar refractivity (Wildman–Crippen MR) is 104 cm³/mol. The molecule has 0 fully saturated rings. The summed E-state index contributed by atoms with van der Waals surface area (Å²) in [6.45, 7) is 3.93. The van der Waals surface area contributed by atoms with Gasteiger partial charge in [0.15, 0.2) is 0 Å². The maximum Gasteiger partial charge on any atom is 0.337 e. The SMILES string of the molecule is CC(C)Oc1ccc(-c2ccc(C(=O)O)c(Nc3ccc(F)cc3)c2)cc1. The predicted octanol–water partition coefficient (Wildman–Crippen LogP) is 5.72. The first-order valence-electron chi connectivity index (χ1n) is 8.59. The molecule has 2 N–H and O–H groups in total. The number of nitrogens with one attached hydrogen (secondary N) is 1. The van der Waals surface area contributed by atoms with Crippen LogP contribution in [-0.2, 0) is 0 Å². The Morgan fingerprint density at radius 1 is 0.963 bits per heavy atom. The van der Waals surface area contributed by atoms with Crippen molar-refractivity contribution in [2.75, 3.05) is 5.32 Å². The average molecular weight is 365 g/mol. The Bertz CT molecular complexity index is 935. The Balaban J connectivity index is 1.93. The summed E-state index contributed by atoms with van der Waals surface area (Å²) in [4.78, 5) is 11.5. The number of halogens is 1. The second-order valence-corrected chi connectivity index (χ2v) is 6.39. The fourth-order valence-electron chi connectivity index (χ4n) is 2.70. The Morgan fingerprint density at radius 3 is 2.19 bits per heavy atom. The van der Waals surface area contributed by atoms with Crippen LogP contribution < -0.4 is 10.1 Å². The number of carboxylic acid groups (broad SMARTS) is 1. The van der Waals surface area contributed by atoms with Crippen molar-refractivity contribution in [2.45, 2.75) is 20.0 Å². The smallest absolute Gasteiger partial charge is 0.337 e. The van der Waals surface area contributed by atoms with E-state index in [1.54, 1.807) is 30.3 Å². The first-order valence-corrected chi connectivity index (χ1v) is 8.59. The molecule has 0 aliphatic rings. The van der Waals surface area contributed by atoms with Crippen LogP contribution in [0.4, 0.5) is 15.8 Å². The van der Waals surface area contributed by atoms with Crippen LogP contribution in [0.1, 0.15) is 24.2 Å². The summed E-state index contributed by atoms with van der Waals surface area (Å²) in [5.41, 5.74) is 2.99. The summed E-state index contributed by atoms with van der Waals surface area (Å²) in [7, 11) is 0. The average Bonchev–Trinajstić information content (AvgIpc) is 2.63. The molecular weight excluding hydrogens is 345 g/mol. The van der Waals surface area contributed by atoms with Crippen molar-refractivity contribution in [3.05, 3.63) is 78.1 Å². The number of carboxylic acids is 1. The summed E-state index contributed by atoms with van der Waals surface area (Å²) >= 11 is 0. The number of benzene rings is 3. The second-order valence-electron chi connectivity index (χ2n) is 6.39. The van der Waals surface area contributed by atoms with Gasteiger partial charge in [0.05, 0.1) is 17.4 Å². The molecule has 0 aliphatic carbocycles. The molecule has 0 heterocycles. The highest BCUT2D eigenvalue weighted by molar-refractivity contribution is 5.96. The maximum absolute atomic E-state index is 13.1. The summed E-state index contributed by atoms with van der Waals surface area (Å²) in [6.07, 6.45) is 0.0946. The highest BCUT2D eigenvalue weighted by Crippen LogP contribution is 2.29. The number of hydrogen-bond acceptors (Lipinski definition) is 3. The molecule has 0 saturated heterocycles. The molecule has 0 saturated carbocycles. The summed E-state index contributed by atoms with van der Waals surface area (Å²) in [5.74, 6) is -0.608. The van der Waals surface area contributed by atoms with E-state index in [1.807, 2.05) is 38.1 Å². The molecule has 5 heteroatoms. The Hall–Kier alpha value is -3.34. The van der Waals surface area contributed by atoms with Gasteiger partial charge in [0.25, 0.3) is 0 Å². The van der Waals surface area contributed by atoms with Gasteiger partial charge in [-0.25, -0.2) is 9.18 Å². The number of aromatic carboxylic acids is 1. The first-order chi connectivity index (χ1) is 12.9. The van der Waals surface area contributed by atoms with Crippen molar-refractivity contribution < 1.29 is 19.0 Å². The van der Waals surface area contributed by atoms with Crippen LogP contribution in [0.3, 0.4) is 0 Å². The van der Waals surface area contributed by atoms with E-state index in [1.165, 1.54) is 12.1 Å². The minimum Gasteiger partial charge on any atom is -0.491 e. The third-order valence-electron chi connectivity index (χ3n) is 3.93. The van der Waals surface area contributed by atoms with Gasteiger partial charge in [-0.3, -0.25) is 0 Å². The van der Waals surface area contributed by atoms with E-state index in [0.29, 0.717) is 11.4 Å². The lowest BCUT2D eigenvalue weighted by atomic mass is 10.0. The zero-order valence-electron chi connectivity index (χ0n) is 15.1. The highest BCUT2D eigenvalue weighted by Gasteiger charge is 2.12. The number of carbonyl (C=O) groups is 1. The zero-order valence-corrected chi connectivity index (χ0v) is 15.1. The van der Waals surface area contributed by atoms with Crippen molar-refractivity contribution in [1.29, 1.82) is 0 Å². The quantitative estimate of drug-likeness (QED) is 0.586. The van der Waals surface area contributed by atoms with Crippen LogP contribution in [0.25, 0.3) is 11.1 Å². The minimum atomic E-state index is -1.04. The van der Waals surface area contributed by atoms with Gasteiger partial charge in [0.1, 0.15) is 11.6 Å². The number of anilines is 2. The Labute approximate surface area is 157 Å². The molecule has 27 heavy (non-hydrogen) atoms. The van der Waals surface area contributed by atoms with E-state index in [4.69, 9.17) is 4.74 Å². The molecular formula is C22H20FNO3. The maximum atomic E-state index is 13.1. The second kappa shape index (κ2) is 7.91.